The molecule has 0 radical (unpaired) electrons. The number of benzene rings is 1. The van der Waals surface area contributed by atoms with E-state index in [-0.39, 0.29) is 5.75 Å². The van der Waals surface area contributed by atoms with Crippen molar-refractivity contribution >= 4 is 34.2 Å². The molecule has 3 nitrogen and oxygen atoms in total. The summed E-state index contributed by atoms with van der Waals surface area (Å²) < 4.78 is 8.64. The Balaban J connectivity index is 2.55. The number of fused-ring (bicyclic) bond motifs is 1. The molecule has 0 aliphatic carbocycles. The van der Waals surface area contributed by atoms with Gasteiger partial charge in [-0.3, -0.25) is 0 Å². The standard InChI is InChI=1S/C11H8Cl2O3/c1-11(12,13)16-9-6-7-4-2-3-5-8(7)15-10(9)14/h2-6H,1H3. The van der Waals surface area contributed by atoms with Gasteiger partial charge in [0.25, 0.3) is 4.52 Å². The van der Waals surface area contributed by atoms with Gasteiger partial charge in [0.05, 0.1) is 0 Å². The van der Waals surface area contributed by atoms with Gasteiger partial charge in [-0.1, -0.05) is 41.4 Å². The van der Waals surface area contributed by atoms with E-state index in [1.807, 2.05) is 6.07 Å². The van der Waals surface area contributed by atoms with Crippen molar-refractivity contribution in [3.05, 3.63) is 40.8 Å². The number of ether oxygens (including phenoxy) is 1. The fourth-order valence-corrected chi connectivity index (χ4v) is 1.47. The normalized spacial score (nSPS) is 11.7. The quantitative estimate of drug-likeness (QED) is 0.613. The van der Waals surface area contributed by atoms with Gasteiger partial charge in [0.1, 0.15) is 5.58 Å². The third-order valence-electron chi connectivity index (χ3n) is 1.90. The van der Waals surface area contributed by atoms with E-state index in [2.05, 4.69) is 0 Å². The summed E-state index contributed by atoms with van der Waals surface area (Å²) in [5, 5.41) is 0.745. The molecule has 0 spiro atoms. The van der Waals surface area contributed by atoms with Crippen LogP contribution in [0.2, 0.25) is 0 Å². The molecule has 16 heavy (non-hydrogen) atoms. The molecule has 84 valence electrons. The highest BCUT2D eigenvalue weighted by Crippen LogP contribution is 2.25. The van der Waals surface area contributed by atoms with Gasteiger partial charge in [0.2, 0.25) is 5.75 Å². The molecule has 0 amide bonds. The molecular formula is C11H8Cl2O3. The second-order valence-electron chi connectivity index (χ2n) is 3.35. The SMILES string of the molecule is CC(Cl)(Cl)Oc1cc2ccccc2oc1=O. The van der Waals surface area contributed by atoms with Crippen LogP contribution in [0, 0.1) is 0 Å². The highest BCUT2D eigenvalue weighted by molar-refractivity contribution is 6.47. The van der Waals surface area contributed by atoms with Crippen molar-refractivity contribution in [2.24, 2.45) is 0 Å². The molecule has 1 aromatic heterocycles. The number of para-hydroxylation sites is 1. The Morgan fingerprint density at radius 3 is 2.69 bits per heavy atom. The van der Waals surface area contributed by atoms with Crippen LogP contribution in [-0.4, -0.2) is 4.52 Å². The molecule has 1 aromatic carbocycles. The Kier molecular flexibility index (Phi) is 2.82. The zero-order valence-electron chi connectivity index (χ0n) is 8.37. The Morgan fingerprint density at radius 2 is 2.00 bits per heavy atom. The predicted molar refractivity (Wildman–Crippen MR) is 63.2 cm³/mol. The van der Waals surface area contributed by atoms with Gasteiger partial charge in [-0.15, -0.1) is 0 Å². The van der Waals surface area contributed by atoms with Crippen molar-refractivity contribution in [2.75, 3.05) is 0 Å². The molecule has 0 saturated carbocycles. The van der Waals surface area contributed by atoms with E-state index in [9.17, 15) is 4.79 Å². The van der Waals surface area contributed by atoms with Crippen LogP contribution in [0.1, 0.15) is 6.92 Å². The van der Waals surface area contributed by atoms with Gasteiger partial charge < -0.3 is 9.15 Å². The molecule has 0 fully saturated rings. The van der Waals surface area contributed by atoms with Crippen molar-refractivity contribution in [3.8, 4) is 5.75 Å². The fourth-order valence-electron chi connectivity index (χ4n) is 1.31. The second-order valence-corrected chi connectivity index (χ2v) is 4.98. The van der Waals surface area contributed by atoms with E-state index in [1.54, 1.807) is 24.3 Å². The van der Waals surface area contributed by atoms with Crippen molar-refractivity contribution in [2.45, 2.75) is 11.4 Å². The molecule has 0 aliphatic heterocycles. The highest BCUT2D eigenvalue weighted by Gasteiger charge is 2.20. The first-order valence-electron chi connectivity index (χ1n) is 4.55. The van der Waals surface area contributed by atoms with Gasteiger partial charge in [-0.25, -0.2) is 4.79 Å². The lowest BCUT2D eigenvalue weighted by molar-refractivity contribution is 0.251. The van der Waals surface area contributed by atoms with E-state index >= 15 is 0 Å². The Hall–Kier alpha value is -1.19. The largest absolute Gasteiger partial charge is 0.451 e. The fraction of sp³-hybridized carbons (Fsp3) is 0.182. The highest BCUT2D eigenvalue weighted by atomic mass is 35.5. The average Bonchev–Trinajstić information content (AvgIpc) is 2.17. The number of halogens is 2. The first kappa shape index (κ1) is 11.3. The molecule has 0 aliphatic rings. The minimum Gasteiger partial charge on any atom is -0.451 e. The smallest absolute Gasteiger partial charge is 0.379 e. The summed E-state index contributed by atoms with van der Waals surface area (Å²) in [5.41, 5.74) is -0.114. The van der Waals surface area contributed by atoms with Crippen LogP contribution in [0.3, 0.4) is 0 Å². The van der Waals surface area contributed by atoms with Crippen molar-refractivity contribution < 1.29 is 9.15 Å². The number of alkyl halides is 2. The second kappa shape index (κ2) is 4.00. The summed E-state index contributed by atoms with van der Waals surface area (Å²) in [6, 6.07) is 8.64. The maximum absolute atomic E-state index is 11.5. The lowest BCUT2D eigenvalue weighted by atomic mass is 10.2. The monoisotopic (exact) mass is 258 g/mol. The van der Waals surface area contributed by atoms with E-state index in [0.29, 0.717) is 5.58 Å². The van der Waals surface area contributed by atoms with Gasteiger partial charge in [-0.2, -0.15) is 0 Å². The van der Waals surface area contributed by atoms with Crippen LogP contribution in [0.25, 0.3) is 11.0 Å². The van der Waals surface area contributed by atoms with Crippen molar-refractivity contribution in [1.29, 1.82) is 0 Å². The van der Waals surface area contributed by atoms with Crippen LogP contribution < -0.4 is 10.4 Å². The molecule has 0 N–H and O–H groups in total. The van der Waals surface area contributed by atoms with Crippen LogP contribution in [0.15, 0.2) is 39.5 Å². The summed E-state index contributed by atoms with van der Waals surface area (Å²) >= 11 is 11.3. The zero-order chi connectivity index (χ0) is 11.8. The topological polar surface area (TPSA) is 39.4 Å². The van der Waals surface area contributed by atoms with Crippen LogP contribution in [0.5, 0.6) is 5.75 Å². The van der Waals surface area contributed by atoms with Crippen LogP contribution in [-0.2, 0) is 0 Å². The van der Waals surface area contributed by atoms with E-state index in [1.165, 1.54) is 6.92 Å². The average molecular weight is 259 g/mol. The predicted octanol–water partition coefficient (Wildman–Crippen LogP) is 3.32. The number of rotatable bonds is 2. The van der Waals surface area contributed by atoms with E-state index in [4.69, 9.17) is 32.4 Å². The van der Waals surface area contributed by atoms with Gasteiger partial charge in [0.15, 0.2) is 0 Å². The maximum Gasteiger partial charge on any atom is 0.379 e. The minimum absolute atomic E-state index is 0.00815. The molecule has 1 heterocycles. The lowest BCUT2D eigenvalue weighted by Gasteiger charge is -2.14. The zero-order valence-corrected chi connectivity index (χ0v) is 9.88. The Labute approximate surface area is 102 Å². The summed E-state index contributed by atoms with van der Waals surface area (Å²) in [5.74, 6) is -0.00815. The third-order valence-corrected chi connectivity index (χ3v) is 2.05. The minimum atomic E-state index is -1.46. The molecule has 2 rings (SSSR count). The van der Waals surface area contributed by atoms with Crippen molar-refractivity contribution in [1.82, 2.24) is 0 Å². The van der Waals surface area contributed by atoms with Gasteiger partial charge in [-0.05, 0) is 12.1 Å². The van der Waals surface area contributed by atoms with Crippen molar-refractivity contribution in [3.63, 3.8) is 0 Å². The van der Waals surface area contributed by atoms with E-state index in [0.717, 1.165) is 5.39 Å². The van der Waals surface area contributed by atoms with Gasteiger partial charge in [0, 0.05) is 12.3 Å². The van der Waals surface area contributed by atoms with Gasteiger partial charge >= 0.3 is 5.63 Å². The van der Waals surface area contributed by atoms with Crippen LogP contribution >= 0.6 is 23.2 Å². The third kappa shape index (κ3) is 2.49. The molecule has 0 saturated heterocycles. The van der Waals surface area contributed by atoms with E-state index < -0.39 is 10.1 Å². The summed E-state index contributed by atoms with van der Waals surface area (Å²) in [7, 11) is 0. The number of hydrogen-bond acceptors (Lipinski definition) is 3. The summed E-state index contributed by atoms with van der Waals surface area (Å²) in [4.78, 5) is 11.5. The number of hydrogen-bond donors (Lipinski definition) is 0. The summed E-state index contributed by atoms with van der Waals surface area (Å²) in [6.45, 7) is 1.42. The first-order chi connectivity index (χ1) is 7.46. The lowest BCUT2D eigenvalue weighted by Crippen LogP contribution is -2.20. The summed E-state index contributed by atoms with van der Waals surface area (Å²) in [6.07, 6.45) is 0. The molecule has 2 aromatic rings. The Morgan fingerprint density at radius 1 is 1.31 bits per heavy atom. The first-order valence-corrected chi connectivity index (χ1v) is 5.31. The molecule has 0 unspecified atom stereocenters. The molecular weight excluding hydrogens is 251 g/mol. The molecule has 0 atom stereocenters. The molecule has 0 bridgehead atoms. The Bertz CT molecular complexity index is 569. The van der Waals surface area contributed by atoms with Crippen LogP contribution in [0.4, 0.5) is 0 Å². The maximum atomic E-state index is 11.5. The molecule has 5 heteroatoms.